The topological polar surface area (TPSA) is 68.7 Å². The van der Waals surface area contributed by atoms with E-state index in [1.807, 2.05) is 29.2 Å². The van der Waals surface area contributed by atoms with E-state index in [2.05, 4.69) is 15.9 Å². The van der Waals surface area contributed by atoms with E-state index in [1.54, 1.807) is 0 Å². The van der Waals surface area contributed by atoms with Gasteiger partial charge in [0.2, 0.25) is 0 Å². The minimum Gasteiger partial charge on any atom is -0.451 e. The van der Waals surface area contributed by atoms with Crippen molar-refractivity contribution >= 4 is 45.2 Å². The quantitative estimate of drug-likeness (QED) is 0.755. The number of fused-ring (bicyclic) bond motifs is 1. The first-order valence-electron chi connectivity index (χ1n) is 7.97. The van der Waals surface area contributed by atoms with Crippen LogP contribution < -0.4 is 5.73 Å². The Morgan fingerprint density at radius 1 is 1.33 bits per heavy atom. The van der Waals surface area contributed by atoms with Gasteiger partial charge in [0.05, 0.1) is 6.10 Å². The summed E-state index contributed by atoms with van der Waals surface area (Å²) in [5.74, 6) is 0.360. The van der Waals surface area contributed by atoms with Gasteiger partial charge in [-0.3, -0.25) is 4.79 Å². The van der Waals surface area contributed by atoms with Gasteiger partial charge in [-0.05, 0) is 50.1 Å². The molecule has 2 N–H and O–H groups in total. The van der Waals surface area contributed by atoms with Crippen LogP contribution in [0, 0.1) is 0 Å². The molecule has 2 heterocycles. The average molecular weight is 418 g/mol. The van der Waals surface area contributed by atoms with E-state index >= 15 is 0 Å². The number of furan rings is 1. The summed E-state index contributed by atoms with van der Waals surface area (Å²) in [5, 5.41) is 0.933. The summed E-state index contributed by atoms with van der Waals surface area (Å²) in [4.78, 5) is 14.4. The lowest BCUT2D eigenvalue weighted by Gasteiger charge is -2.31. The number of carbonyl (C=O) groups excluding carboxylic acids is 1. The van der Waals surface area contributed by atoms with Gasteiger partial charge >= 0.3 is 0 Å². The van der Waals surface area contributed by atoms with E-state index in [4.69, 9.17) is 14.9 Å². The molecule has 0 radical (unpaired) electrons. The first-order valence-corrected chi connectivity index (χ1v) is 8.76. The molecule has 0 spiro atoms. The molecule has 0 aliphatic carbocycles. The fourth-order valence-corrected chi connectivity index (χ4v) is 3.21. The van der Waals surface area contributed by atoms with Crippen LogP contribution in [0.4, 0.5) is 0 Å². The van der Waals surface area contributed by atoms with Gasteiger partial charge < -0.3 is 19.8 Å². The van der Waals surface area contributed by atoms with Crippen LogP contribution in [-0.4, -0.2) is 43.2 Å². The van der Waals surface area contributed by atoms with Crippen LogP contribution in [0.2, 0.25) is 0 Å². The fraction of sp³-hybridized carbons (Fsp3) is 0.471. The van der Waals surface area contributed by atoms with Crippen molar-refractivity contribution in [3.8, 4) is 0 Å². The van der Waals surface area contributed by atoms with Crippen molar-refractivity contribution in [1.82, 2.24) is 4.90 Å². The minimum absolute atomic E-state index is 0. The molecule has 0 unspecified atom stereocenters. The number of nitrogens with two attached hydrogens (primary N) is 1. The molecule has 0 bridgehead atoms. The van der Waals surface area contributed by atoms with Crippen molar-refractivity contribution in [2.75, 3.05) is 26.2 Å². The van der Waals surface area contributed by atoms with Crippen molar-refractivity contribution in [2.45, 2.75) is 25.4 Å². The second-order valence-corrected chi connectivity index (χ2v) is 6.71. The molecule has 0 saturated carbocycles. The van der Waals surface area contributed by atoms with Crippen LogP contribution in [-0.2, 0) is 4.74 Å². The zero-order valence-electron chi connectivity index (χ0n) is 13.4. The first kappa shape index (κ1) is 19.2. The zero-order valence-corrected chi connectivity index (χ0v) is 15.8. The lowest BCUT2D eigenvalue weighted by Crippen LogP contribution is -2.40. The smallest absolute Gasteiger partial charge is 0.289 e. The third kappa shape index (κ3) is 4.51. The van der Waals surface area contributed by atoms with E-state index in [9.17, 15) is 4.79 Å². The molecule has 5 nitrogen and oxygen atoms in total. The summed E-state index contributed by atoms with van der Waals surface area (Å²) in [6, 6.07) is 7.54. The molecule has 1 aromatic heterocycles. The summed E-state index contributed by atoms with van der Waals surface area (Å²) in [5.41, 5.74) is 6.20. The molecule has 7 heteroatoms. The Balaban J connectivity index is 0.00000208. The number of benzene rings is 1. The van der Waals surface area contributed by atoms with Crippen molar-refractivity contribution in [3.63, 3.8) is 0 Å². The molecule has 1 aliphatic heterocycles. The van der Waals surface area contributed by atoms with Gasteiger partial charge in [0.25, 0.3) is 5.91 Å². The number of hydrogen-bond acceptors (Lipinski definition) is 4. The summed E-state index contributed by atoms with van der Waals surface area (Å²) >= 11 is 3.43. The number of likely N-dealkylation sites (tertiary alicyclic amines) is 1. The molecule has 1 saturated heterocycles. The van der Waals surface area contributed by atoms with Gasteiger partial charge in [-0.2, -0.15) is 0 Å². The molecule has 3 rings (SSSR count). The van der Waals surface area contributed by atoms with Gasteiger partial charge in [-0.1, -0.05) is 15.9 Å². The maximum Gasteiger partial charge on any atom is 0.289 e. The Morgan fingerprint density at radius 2 is 2.08 bits per heavy atom. The Morgan fingerprint density at radius 3 is 2.79 bits per heavy atom. The summed E-state index contributed by atoms with van der Waals surface area (Å²) < 4.78 is 12.4. The van der Waals surface area contributed by atoms with E-state index in [-0.39, 0.29) is 24.4 Å². The lowest BCUT2D eigenvalue weighted by molar-refractivity contribution is 0.00770. The van der Waals surface area contributed by atoms with E-state index in [0.29, 0.717) is 32.0 Å². The maximum absolute atomic E-state index is 12.6. The van der Waals surface area contributed by atoms with Crippen molar-refractivity contribution in [2.24, 2.45) is 5.73 Å². The monoisotopic (exact) mass is 416 g/mol. The lowest BCUT2D eigenvalue weighted by atomic mass is 10.1. The third-order valence-electron chi connectivity index (χ3n) is 4.12. The minimum atomic E-state index is -0.0438. The second kappa shape index (κ2) is 8.85. The Kier molecular flexibility index (Phi) is 7.10. The largest absolute Gasteiger partial charge is 0.451 e. The van der Waals surface area contributed by atoms with Crippen LogP contribution in [0.5, 0.6) is 0 Å². The number of hydrogen-bond donors (Lipinski definition) is 1. The van der Waals surface area contributed by atoms with Crippen molar-refractivity contribution in [3.05, 3.63) is 34.5 Å². The van der Waals surface area contributed by atoms with Crippen molar-refractivity contribution in [1.29, 1.82) is 0 Å². The van der Waals surface area contributed by atoms with Gasteiger partial charge in [0.1, 0.15) is 5.58 Å². The Bertz CT molecular complexity index is 684. The molecule has 132 valence electrons. The molecular weight excluding hydrogens is 396 g/mol. The zero-order chi connectivity index (χ0) is 16.2. The van der Waals surface area contributed by atoms with Crippen LogP contribution in [0.25, 0.3) is 11.0 Å². The predicted octanol–water partition coefficient (Wildman–Crippen LogP) is 3.59. The fourth-order valence-electron chi connectivity index (χ4n) is 2.83. The van der Waals surface area contributed by atoms with Crippen LogP contribution in [0.3, 0.4) is 0 Å². The summed E-state index contributed by atoms with van der Waals surface area (Å²) in [6.07, 6.45) is 2.84. The highest BCUT2D eigenvalue weighted by atomic mass is 79.9. The molecule has 24 heavy (non-hydrogen) atoms. The van der Waals surface area contributed by atoms with Crippen LogP contribution >= 0.6 is 28.3 Å². The number of carbonyl (C=O) groups is 1. The third-order valence-corrected chi connectivity index (χ3v) is 4.61. The maximum atomic E-state index is 12.6. The highest BCUT2D eigenvalue weighted by molar-refractivity contribution is 9.10. The molecule has 1 aromatic carbocycles. The molecule has 1 aliphatic rings. The highest BCUT2D eigenvalue weighted by Crippen LogP contribution is 2.25. The van der Waals surface area contributed by atoms with E-state index in [1.165, 1.54) is 0 Å². The van der Waals surface area contributed by atoms with E-state index in [0.717, 1.165) is 34.7 Å². The molecule has 2 aromatic rings. The van der Waals surface area contributed by atoms with Gasteiger partial charge in [0, 0.05) is 29.6 Å². The Hall–Kier alpha value is -1.08. The number of rotatable bonds is 5. The summed E-state index contributed by atoms with van der Waals surface area (Å²) in [6.45, 7) is 2.76. The first-order chi connectivity index (χ1) is 11.2. The van der Waals surface area contributed by atoms with Gasteiger partial charge in [-0.15, -0.1) is 12.4 Å². The second-order valence-electron chi connectivity index (χ2n) is 5.80. The SMILES string of the molecule is Cl.NCCCOC1CCN(C(=O)c2cc3cc(Br)ccc3o2)CC1. The highest BCUT2D eigenvalue weighted by Gasteiger charge is 2.26. The number of amides is 1. The van der Waals surface area contributed by atoms with Crippen LogP contribution in [0.15, 0.2) is 33.2 Å². The molecule has 0 atom stereocenters. The van der Waals surface area contributed by atoms with Gasteiger partial charge in [0.15, 0.2) is 5.76 Å². The molecular formula is C17H22BrClN2O3. The summed E-state index contributed by atoms with van der Waals surface area (Å²) in [7, 11) is 0. The standard InChI is InChI=1S/C17H21BrN2O3.ClH/c18-13-2-3-15-12(10-13)11-16(23-15)17(21)20-7-4-14(5-8-20)22-9-1-6-19;/h2-3,10-11,14H,1,4-9,19H2;1H. The normalized spacial score (nSPS) is 15.5. The Labute approximate surface area is 156 Å². The average Bonchev–Trinajstić information content (AvgIpc) is 2.98. The van der Waals surface area contributed by atoms with Gasteiger partial charge in [-0.25, -0.2) is 0 Å². The predicted molar refractivity (Wildman–Crippen MR) is 99.7 cm³/mol. The number of ether oxygens (including phenoxy) is 1. The van der Waals surface area contributed by atoms with Crippen molar-refractivity contribution < 1.29 is 13.9 Å². The van der Waals surface area contributed by atoms with Crippen LogP contribution in [0.1, 0.15) is 29.8 Å². The van der Waals surface area contributed by atoms with E-state index < -0.39 is 0 Å². The number of nitrogens with zero attached hydrogens (tertiary/aromatic N) is 1. The molecule has 1 fully saturated rings. The molecule has 1 amide bonds. The number of piperidine rings is 1. The number of halogens is 2.